The molecule has 1 aromatic carbocycles. The van der Waals surface area contributed by atoms with E-state index in [0.717, 1.165) is 28.1 Å². The molecule has 1 fully saturated rings. The number of rotatable bonds is 5. The zero-order valence-electron chi connectivity index (χ0n) is 12.2. The van der Waals surface area contributed by atoms with Crippen molar-refractivity contribution in [2.45, 2.75) is 38.3 Å². The number of benzene rings is 1. The van der Waals surface area contributed by atoms with Gasteiger partial charge in [0.2, 0.25) is 0 Å². The van der Waals surface area contributed by atoms with Crippen molar-refractivity contribution in [1.82, 2.24) is 9.78 Å². The van der Waals surface area contributed by atoms with Gasteiger partial charge in [-0.15, -0.1) is 0 Å². The molecular formula is C16H20BrN3O. The highest BCUT2D eigenvalue weighted by Gasteiger charge is 2.17. The van der Waals surface area contributed by atoms with Crippen LogP contribution in [0.15, 0.2) is 34.9 Å². The van der Waals surface area contributed by atoms with E-state index in [9.17, 15) is 0 Å². The van der Waals surface area contributed by atoms with Gasteiger partial charge in [-0.25, -0.2) is 0 Å². The van der Waals surface area contributed by atoms with Crippen LogP contribution in [0.4, 0.5) is 5.69 Å². The van der Waals surface area contributed by atoms with Crippen molar-refractivity contribution in [3.05, 3.63) is 40.6 Å². The first-order valence-electron chi connectivity index (χ1n) is 7.38. The molecule has 5 heteroatoms. The highest BCUT2D eigenvalue weighted by molar-refractivity contribution is 9.10. The highest BCUT2D eigenvalue weighted by atomic mass is 79.9. The van der Waals surface area contributed by atoms with Gasteiger partial charge in [0, 0.05) is 11.9 Å². The molecule has 1 aromatic heterocycles. The van der Waals surface area contributed by atoms with Gasteiger partial charge in [-0.1, -0.05) is 12.8 Å². The van der Waals surface area contributed by atoms with Crippen LogP contribution in [0.2, 0.25) is 0 Å². The number of hydrogen-bond donors (Lipinski definition) is 1. The predicted molar refractivity (Wildman–Crippen MR) is 87.8 cm³/mol. The monoisotopic (exact) mass is 349 g/mol. The maximum absolute atomic E-state index is 5.23. The Bertz CT molecular complexity index is 605. The van der Waals surface area contributed by atoms with Gasteiger partial charge in [-0.05, 0) is 53.0 Å². The average Bonchev–Trinajstić information content (AvgIpc) is 3.16. The van der Waals surface area contributed by atoms with E-state index in [1.807, 2.05) is 18.2 Å². The molecule has 0 spiro atoms. The zero-order chi connectivity index (χ0) is 14.7. The number of nitrogens with one attached hydrogen (secondary N) is 1. The summed E-state index contributed by atoms with van der Waals surface area (Å²) in [5, 5.41) is 8.08. The minimum Gasteiger partial charge on any atom is -0.496 e. The second kappa shape index (κ2) is 6.52. The lowest BCUT2D eigenvalue weighted by Crippen LogP contribution is -2.07. The molecule has 1 heterocycles. The fraction of sp³-hybridized carbons (Fsp3) is 0.438. The van der Waals surface area contributed by atoms with Crippen molar-refractivity contribution in [1.29, 1.82) is 0 Å². The number of hydrogen-bond acceptors (Lipinski definition) is 3. The summed E-state index contributed by atoms with van der Waals surface area (Å²) in [5.41, 5.74) is 2.13. The molecule has 0 amide bonds. The number of halogens is 1. The lowest BCUT2D eigenvalue weighted by Gasteiger charge is -2.10. The van der Waals surface area contributed by atoms with Gasteiger partial charge in [0.25, 0.3) is 0 Å². The minimum atomic E-state index is 0.605. The normalized spacial score (nSPS) is 15.3. The molecule has 21 heavy (non-hydrogen) atoms. The second-order valence-electron chi connectivity index (χ2n) is 5.43. The van der Waals surface area contributed by atoms with Crippen LogP contribution in [-0.2, 0) is 6.54 Å². The molecule has 1 aliphatic carbocycles. The summed E-state index contributed by atoms with van der Waals surface area (Å²) in [6.07, 6.45) is 7.30. The molecule has 4 nitrogen and oxygen atoms in total. The Morgan fingerprint density at radius 1 is 1.33 bits per heavy atom. The third kappa shape index (κ3) is 3.40. The maximum Gasteiger partial charge on any atom is 0.133 e. The van der Waals surface area contributed by atoms with Crippen LogP contribution < -0.4 is 10.1 Å². The summed E-state index contributed by atoms with van der Waals surface area (Å²) in [5.74, 6) is 0.839. The summed E-state index contributed by atoms with van der Waals surface area (Å²) < 4.78 is 8.32. The van der Waals surface area contributed by atoms with Crippen molar-refractivity contribution in [3.8, 4) is 5.75 Å². The predicted octanol–water partition coefficient (Wildman–Crippen LogP) is 4.38. The van der Waals surface area contributed by atoms with Gasteiger partial charge >= 0.3 is 0 Å². The van der Waals surface area contributed by atoms with Gasteiger partial charge in [0.15, 0.2) is 0 Å². The third-order valence-corrected chi connectivity index (χ3v) is 4.61. The number of methoxy groups -OCH3 is 1. The molecule has 0 bridgehead atoms. The van der Waals surface area contributed by atoms with Crippen LogP contribution in [0.25, 0.3) is 0 Å². The number of nitrogens with zero attached hydrogens (tertiary/aromatic N) is 2. The fourth-order valence-corrected chi connectivity index (χ4v) is 3.35. The zero-order valence-corrected chi connectivity index (χ0v) is 13.8. The molecule has 1 saturated carbocycles. The summed E-state index contributed by atoms with van der Waals surface area (Å²) in [4.78, 5) is 0. The first-order valence-corrected chi connectivity index (χ1v) is 8.17. The fourth-order valence-electron chi connectivity index (χ4n) is 2.81. The Morgan fingerprint density at radius 2 is 2.14 bits per heavy atom. The third-order valence-electron chi connectivity index (χ3n) is 3.99. The van der Waals surface area contributed by atoms with Gasteiger partial charge in [-0.3, -0.25) is 4.68 Å². The second-order valence-corrected chi connectivity index (χ2v) is 6.28. The highest BCUT2D eigenvalue weighted by Crippen LogP contribution is 2.29. The standard InChI is InChI=1S/C16H20BrN3O/c1-21-16-7-6-12(10-15(16)17)18-11-13-8-9-20(19-13)14-4-2-3-5-14/h6-10,14,18H,2-5,11H2,1H3. The van der Waals surface area contributed by atoms with Crippen molar-refractivity contribution >= 4 is 21.6 Å². The van der Waals surface area contributed by atoms with Crippen molar-refractivity contribution in [3.63, 3.8) is 0 Å². The Morgan fingerprint density at radius 3 is 2.86 bits per heavy atom. The van der Waals surface area contributed by atoms with Gasteiger partial charge in [0.1, 0.15) is 5.75 Å². The summed E-state index contributed by atoms with van der Waals surface area (Å²) in [6.45, 7) is 0.735. The van der Waals surface area contributed by atoms with E-state index < -0.39 is 0 Å². The Labute approximate surface area is 133 Å². The van der Waals surface area contributed by atoms with E-state index in [4.69, 9.17) is 4.74 Å². The molecule has 0 aliphatic heterocycles. The van der Waals surface area contributed by atoms with Crippen LogP contribution in [0.3, 0.4) is 0 Å². The molecule has 0 radical (unpaired) electrons. The SMILES string of the molecule is COc1ccc(NCc2ccn(C3CCCC3)n2)cc1Br. The molecule has 0 unspecified atom stereocenters. The number of aromatic nitrogens is 2. The van der Waals surface area contributed by atoms with E-state index in [0.29, 0.717) is 6.04 Å². The molecule has 0 saturated heterocycles. The lowest BCUT2D eigenvalue weighted by molar-refractivity contribution is 0.412. The average molecular weight is 350 g/mol. The van der Waals surface area contributed by atoms with Crippen molar-refractivity contribution in [2.75, 3.05) is 12.4 Å². The molecule has 112 valence electrons. The first kappa shape index (κ1) is 14.4. The van der Waals surface area contributed by atoms with Crippen LogP contribution in [0.5, 0.6) is 5.75 Å². The first-order chi connectivity index (χ1) is 10.3. The van der Waals surface area contributed by atoms with Crippen molar-refractivity contribution < 1.29 is 4.74 Å². The molecule has 0 atom stereocenters. The molecule has 3 rings (SSSR count). The van der Waals surface area contributed by atoms with E-state index >= 15 is 0 Å². The summed E-state index contributed by atoms with van der Waals surface area (Å²) in [7, 11) is 1.67. The minimum absolute atomic E-state index is 0.605. The molecule has 1 aliphatic rings. The number of anilines is 1. The summed E-state index contributed by atoms with van der Waals surface area (Å²) >= 11 is 3.50. The number of ether oxygens (including phenoxy) is 1. The van der Waals surface area contributed by atoms with Crippen LogP contribution in [0, 0.1) is 0 Å². The molecular weight excluding hydrogens is 330 g/mol. The van der Waals surface area contributed by atoms with E-state index in [1.54, 1.807) is 7.11 Å². The van der Waals surface area contributed by atoms with E-state index in [2.05, 4.69) is 43.3 Å². The Balaban J connectivity index is 1.61. The van der Waals surface area contributed by atoms with Gasteiger partial charge in [0.05, 0.1) is 29.9 Å². The van der Waals surface area contributed by atoms with Crippen LogP contribution in [-0.4, -0.2) is 16.9 Å². The van der Waals surface area contributed by atoms with Gasteiger partial charge in [-0.2, -0.15) is 5.10 Å². The van der Waals surface area contributed by atoms with Crippen LogP contribution >= 0.6 is 15.9 Å². The topological polar surface area (TPSA) is 39.1 Å². The lowest BCUT2D eigenvalue weighted by atomic mass is 10.3. The summed E-state index contributed by atoms with van der Waals surface area (Å²) in [6, 6.07) is 8.69. The van der Waals surface area contributed by atoms with Crippen molar-refractivity contribution in [2.24, 2.45) is 0 Å². The van der Waals surface area contributed by atoms with Crippen LogP contribution in [0.1, 0.15) is 37.4 Å². The molecule has 1 N–H and O–H groups in total. The Hall–Kier alpha value is -1.49. The van der Waals surface area contributed by atoms with E-state index in [-0.39, 0.29) is 0 Å². The van der Waals surface area contributed by atoms with Gasteiger partial charge < -0.3 is 10.1 Å². The largest absolute Gasteiger partial charge is 0.496 e. The maximum atomic E-state index is 5.23. The molecule has 2 aromatic rings. The Kier molecular flexibility index (Phi) is 4.48. The van der Waals surface area contributed by atoms with E-state index in [1.165, 1.54) is 25.7 Å². The quantitative estimate of drug-likeness (QED) is 0.870. The smallest absolute Gasteiger partial charge is 0.133 e.